The standard InChI is InChI=1S/C9H12N6/c10-3-1-2-8-13-9(15-14-8)7-6-11-4-5-12-7/h4-6H,1-3,10H2,(H,13,14,15). The Morgan fingerprint density at radius 2 is 2.27 bits per heavy atom. The zero-order valence-corrected chi connectivity index (χ0v) is 8.22. The Bertz CT molecular complexity index is 410. The molecule has 0 spiro atoms. The first kappa shape index (κ1) is 9.72. The van der Waals surface area contributed by atoms with E-state index < -0.39 is 0 Å². The molecule has 0 saturated heterocycles. The van der Waals surface area contributed by atoms with E-state index in [1.54, 1.807) is 18.6 Å². The molecule has 0 atom stereocenters. The minimum atomic E-state index is 0.579. The molecule has 0 aromatic carbocycles. The normalized spacial score (nSPS) is 10.5. The van der Waals surface area contributed by atoms with Crippen molar-refractivity contribution >= 4 is 0 Å². The van der Waals surface area contributed by atoms with Crippen molar-refractivity contribution in [3.63, 3.8) is 0 Å². The van der Waals surface area contributed by atoms with E-state index in [1.165, 1.54) is 0 Å². The lowest BCUT2D eigenvalue weighted by atomic mass is 10.3. The molecular weight excluding hydrogens is 192 g/mol. The number of rotatable bonds is 4. The fraction of sp³-hybridized carbons (Fsp3) is 0.333. The van der Waals surface area contributed by atoms with Crippen molar-refractivity contribution in [2.24, 2.45) is 5.73 Å². The van der Waals surface area contributed by atoms with Gasteiger partial charge in [0, 0.05) is 18.8 Å². The molecule has 0 unspecified atom stereocenters. The Balaban J connectivity index is 2.14. The lowest BCUT2D eigenvalue weighted by Gasteiger charge is -1.91. The SMILES string of the molecule is NCCCc1nc(-c2cnccn2)n[nH]1. The Hall–Kier alpha value is -1.82. The van der Waals surface area contributed by atoms with Crippen LogP contribution < -0.4 is 5.73 Å². The summed E-state index contributed by atoms with van der Waals surface area (Å²) < 4.78 is 0. The van der Waals surface area contributed by atoms with Crippen molar-refractivity contribution in [3.8, 4) is 11.5 Å². The molecule has 6 heteroatoms. The molecule has 3 N–H and O–H groups in total. The first-order chi connectivity index (χ1) is 7.40. The fourth-order valence-electron chi connectivity index (χ4n) is 1.21. The zero-order valence-electron chi connectivity index (χ0n) is 8.22. The van der Waals surface area contributed by atoms with E-state index in [0.29, 0.717) is 18.1 Å². The maximum atomic E-state index is 5.41. The molecule has 0 aliphatic rings. The molecule has 0 aliphatic carbocycles. The van der Waals surface area contributed by atoms with Crippen LogP contribution in [-0.2, 0) is 6.42 Å². The molecule has 0 bridgehead atoms. The fourth-order valence-corrected chi connectivity index (χ4v) is 1.21. The van der Waals surface area contributed by atoms with Crippen molar-refractivity contribution in [3.05, 3.63) is 24.4 Å². The van der Waals surface area contributed by atoms with Gasteiger partial charge in [-0.1, -0.05) is 0 Å². The average molecular weight is 204 g/mol. The number of nitrogens with one attached hydrogen (secondary N) is 1. The maximum absolute atomic E-state index is 5.41. The topological polar surface area (TPSA) is 93.4 Å². The highest BCUT2D eigenvalue weighted by Gasteiger charge is 2.06. The summed E-state index contributed by atoms with van der Waals surface area (Å²) in [5.74, 6) is 1.41. The van der Waals surface area contributed by atoms with Gasteiger partial charge in [0.05, 0.1) is 6.20 Å². The van der Waals surface area contributed by atoms with E-state index >= 15 is 0 Å². The van der Waals surface area contributed by atoms with Crippen LogP contribution in [0.2, 0.25) is 0 Å². The summed E-state index contributed by atoms with van der Waals surface area (Å²) in [6.45, 7) is 0.654. The van der Waals surface area contributed by atoms with Crippen LogP contribution in [0.4, 0.5) is 0 Å². The number of aromatic amines is 1. The quantitative estimate of drug-likeness (QED) is 0.739. The van der Waals surface area contributed by atoms with Gasteiger partial charge in [-0.05, 0) is 13.0 Å². The molecule has 0 saturated carbocycles. The molecule has 0 fully saturated rings. The van der Waals surface area contributed by atoms with Gasteiger partial charge in [0.15, 0.2) is 0 Å². The highest BCUT2D eigenvalue weighted by atomic mass is 15.2. The maximum Gasteiger partial charge on any atom is 0.201 e. The zero-order chi connectivity index (χ0) is 10.5. The van der Waals surface area contributed by atoms with E-state index in [1.807, 2.05) is 0 Å². The largest absolute Gasteiger partial charge is 0.330 e. The molecule has 2 aromatic heterocycles. The molecule has 2 aromatic rings. The lowest BCUT2D eigenvalue weighted by Crippen LogP contribution is -2.01. The van der Waals surface area contributed by atoms with Crippen molar-refractivity contribution in [1.29, 1.82) is 0 Å². The number of aryl methyl sites for hydroxylation is 1. The van der Waals surface area contributed by atoms with E-state index in [-0.39, 0.29) is 0 Å². The third kappa shape index (κ3) is 2.35. The second-order valence-corrected chi connectivity index (χ2v) is 3.09. The highest BCUT2D eigenvalue weighted by molar-refractivity contribution is 5.45. The smallest absolute Gasteiger partial charge is 0.201 e. The second-order valence-electron chi connectivity index (χ2n) is 3.09. The van der Waals surface area contributed by atoms with Gasteiger partial charge < -0.3 is 5.73 Å². The predicted octanol–water partition coefficient (Wildman–Crippen LogP) is 0.153. The molecule has 6 nitrogen and oxygen atoms in total. The number of H-pyrrole nitrogens is 1. The van der Waals surface area contributed by atoms with Gasteiger partial charge in [-0.3, -0.25) is 10.1 Å². The van der Waals surface area contributed by atoms with Crippen LogP contribution in [0.5, 0.6) is 0 Å². The molecule has 78 valence electrons. The number of hydrogen-bond donors (Lipinski definition) is 2. The highest BCUT2D eigenvalue weighted by Crippen LogP contribution is 2.09. The summed E-state index contributed by atoms with van der Waals surface area (Å²) in [5.41, 5.74) is 6.08. The minimum Gasteiger partial charge on any atom is -0.330 e. The molecule has 2 rings (SSSR count). The van der Waals surface area contributed by atoms with Gasteiger partial charge in [0.1, 0.15) is 11.5 Å². The van der Waals surface area contributed by atoms with Crippen LogP contribution in [0.3, 0.4) is 0 Å². The summed E-state index contributed by atoms with van der Waals surface area (Å²) >= 11 is 0. The van der Waals surface area contributed by atoms with Crippen LogP contribution >= 0.6 is 0 Å². The van der Waals surface area contributed by atoms with E-state index in [4.69, 9.17) is 5.73 Å². The number of nitrogens with two attached hydrogens (primary N) is 1. The minimum absolute atomic E-state index is 0.579. The van der Waals surface area contributed by atoms with Gasteiger partial charge in [-0.15, -0.1) is 0 Å². The average Bonchev–Trinajstić information content (AvgIpc) is 2.76. The molecule has 15 heavy (non-hydrogen) atoms. The van der Waals surface area contributed by atoms with E-state index in [9.17, 15) is 0 Å². The molecule has 0 amide bonds. The molecule has 0 aliphatic heterocycles. The van der Waals surface area contributed by atoms with Crippen LogP contribution in [-0.4, -0.2) is 31.7 Å². The van der Waals surface area contributed by atoms with Crippen molar-refractivity contribution in [2.75, 3.05) is 6.54 Å². The third-order valence-corrected chi connectivity index (χ3v) is 1.94. The Kier molecular flexibility index (Phi) is 2.99. The summed E-state index contributed by atoms with van der Waals surface area (Å²) in [6.07, 6.45) is 6.57. The molecule has 0 radical (unpaired) electrons. The molecule has 2 heterocycles. The number of hydrogen-bond acceptors (Lipinski definition) is 5. The summed E-state index contributed by atoms with van der Waals surface area (Å²) in [6, 6.07) is 0. The summed E-state index contributed by atoms with van der Waals surface area (Å²) in [7, 11) is 0. The summed E-state index contributed by atoms with van der Waals surface area (Å²) in [4.78, 5) is 12.4. The van der Waals surface area contributed by atoms with Gasteiger partial charge in [0.2, 0.25) is 5.82 Å². The Morgan fingerprint density at radius 1 is 1.33 bits per heavy atom. The van der Waals surface area contributed by atoms with Crippen LogP contribution in [0.15, 0.2) is 18.6 Å². The Morgan fingerprint density at radius 3 is 3.00 bits per heavy atom. The lowest BCUT2D eigenvalue weighted by molar-refractivity contribution is 0.785. The Labute approximate surface area is 87.0 Å². The van der Waals surface area contributed by atoms with Crippen LogP contribution in [0, 0.1) is 0 Å². The van der Waals surface area contributed by atoms with Crippen LogP contribution in [0.25, 0.3) is 11.5 Å². The van der Waals surface area contributed by atoms with Gasteiger partial charge in [-0.25, -0.2) is 9.97 Å². The molecular formula is C9H12N6. The number of nitrogens with zero attached hydrogens (tertiary/aromatic N) is 4. The monoisotopic (exact) mass is 204 g/mol. The van der Waals surface area contributed by atoms with E-state index in [0.717, 1.165) is 18.7 Å². The first-order valence-corrected chi connectivity index (χ1v) is 4.78. The van der Waals surface area contributed by atoms with Crippen molar-refractivity contribution in [1.82, 2.24) is 25.1 Å². The second kappa shape index (κ2) is 4.61. The third-order valence-electron chi connectivity index (χ3n) is 1.94. The van der Waals surface area contributed by atoms with Crippen molar-refractivity contribution in [2.45, 2.75) is 12.8 Å². The van der Waals surface area contributed by atoms with E-state index in [2.05, 4.69) is 25.1 Å². The summed E-state index contributed by atoms with van der Waals surface area (Å²) in [5, 5.41) is 6.91. The van der Waals surface area contributed by atoms with Crippen LogP contribution in [0.1, 0.15) is 12.2 Å². The first-order valence-electron chi connectivity index (χ1n) is 4.78. The van der Waals surface area contributed by atoms with Gasteiger partial charge >= 0.3 is 0 Å². The van der Waals surface area contributed by atoms with Gasteiger partial charge in [-0.2, -0.15) is 5.10 Å². The van der Waals surface area contributed by atoms with Gasteiger partial charge in [0.25, 0.3) is 0 Å². The predicted molar refractivity (Wildman–Crippen MR) is 54.8 cm³/mol. The van der Waals surface area contributed by atoms with Crippen molar-refractivity contribution < 1.29 is 0 Å². The number of aromatic nitrogens is 5.